The maximum absolute atomic E-state index is 12.5. The molecule has 0 aliphatic carbocycles. The molecule has 0 radical (unpaired) electrons. The van der Waals surface area contributed by atoms with Gasteiger partial charge in [-0.2, -0.15) is 0 Å². The molecular weight excluding hydrogens is 268 g/mol. The Morgan fingerprint density at radius 1 is 1.24 bits per heavy atom. The van der Waals surface area contributed by atoms with Gasteiger partial charge in [0.05, 0.1) is 19.8 Å². The van der Waals surface area contributed by atoms with E-state index >= 15 is 0 Å². The van der Waals surface area contributed by atoms with Gasteiger partial charge in [0.2, 0.25) is 0 Å². The topological polar surface area (TPSA) is 59.6 Å². The van der Waals surface area contributed by atoms with Crippen molar-refractivity contribution in [3.05, 3.63) is 23.8 Å². The van der Waals surface area contributed by atoms with E-state index in [1.54, 1.807) is 32.4 Å². The maximum atomic E-state index is 12.5. The second-order valence-corrected chi connectivity index (χ2v) is 5.55. The lowest BCUT2D eigenvalue weighted by Crippen LogP contribution is -2.54. The minimum atomic E-state index is -0.126. The largest absolute Gasteiger partial charge is 0.493 e. The number of para-hydroxylation sites is 1. The van der Waals surface area contributed by atoms with Crippen LogP contribution >= 0.6 is 0 Å². The number of benzene rings is 1. The van der Waals surface area contributed by atoms with Crippen molar-refractivity contribution in [2.24, 2.45) is 0 Å². The summed E-state index contributed by atoms with van der Waals surface area (Å²) in [5.74, 6) is 0.912. The fraction of sp³-hybridized carbons (Fsp3) is 0.562. The third-order valence-corrected chi connectivity index (χ3v) is 4.03. The van der Waals surface area contributed by atoms with Gasteiger partial charge in [-0.25, -0.2) is 0 Å². The molecule has 0 bridgehead atoms. The molecule has 2 N–H and O–H groups in total. The second-order valence-electron chi connectivity index (χ2n) is 5.55. The first-order valence-electron chi connectivity index (χ1n) is 7.34. The highest BCUT2D eigenvalue weighted by Crippen LogP contribution is 2.30. The number of nitrogens with one attached hydrogen (secondary N) is 2. The molecule has 116 valence electrons. The van der Waals surface area contributed by atoms with Gasteiger partial charge in [-0.15, -0.1) is 0 Å². The molecule has 1 aliphatic rings. The van der Waals surface area contributed by atoms with Crippen molar-refractivity contribution in [2.75, 3.05) is 14.2 Å². The van der Waals surface area contributed by atoms with Crippen LogP contribution in [0.25, 0.3) is 0 Å². The zero-order valence-electron chi connectivity index (χ0n) is 13.1. The molecule has 0 saturated carbocycles. The van der Waals surface area contributed by atoms with E-state index in [2.05, 4.69) is 24.5 Å². The fourth-order valence-corrected chi connectivity index (χ4v) is 2.84. The van der Waals surface area contributed by atoms with E-state index in [4.69, 9.17) is 9.47 Å². The van der Waals surface area contributed by atoms with Crippen molar-refractivity contribution >= 4 is 5.91 Å². The lowest BCUT2D eigenvalue weighted by atomic mass is 9.95. The highest BCUT2D eigenvalue weighted by Gasteiger charge is 2.27. The van der Waals surface area contributed by atoms with Crippen molar-refractivity contribution in [1.82, 2.24) is 10.6 Å². The Hall–Kier alpha value is -1.75. The highest BCUT2D eigenvalue weighted by atomic mass is 16.5. The molecule has 2 rings (SSSR count). The number of carbonyl (C=O) groups excluding carboxylic acids is 1. The highest BCUT2D eigenvalue weighted by molar-refractivity contribution is 5.98. The Bertz CT molecular complexity index is 504. The van der Waals surface area contributed by atoms with Crippen molar-refractivity contribution in [1.29, 1.82) is 0 Å². The number of methoxy groups -OCH3 is 2. The van der Waals surface area contributed by atoms with Gasteiger partial charge in [-0.3, -0.25) is 4.79 Å². The van der Waals surface area contributed by atoms with E-state index in [1.165, 1.54) is 0 Å². The lowest BCUT2D eigenvalue weighted by Gasteiger charge is -2.34. The Morgan fingerprint density at radius 3 is 2.62 bits per heavy atom. The van der Waals surface area contributed by atoms with Crippen LogP contribution in [0.2, 0.25) is 0 Å². The van der Waals surface area contributed by atoms with E-state index in [9.17, 15) is 4.79 Å². The molecule has 5 heteroatoms. The van der Waals surface area contributed by atoms with E-state index in [0.29, 0.717) is 23.1 Å². The minimum Gasteiger partial charge on any atom is -0.493 e. The molecule has 3 atom stereocenters. The average molecular weight is 292 g/mol. The fourth-order valence-electron chi connectivity index (χ4n) is 2.84. The summed E-state index contributed by atoms with van der Waals surface area (Å²) < 4.78 is 10.6. The molecule has 21 heavy (non-hydrogen) atoms. The van der Waals surface area contributed by atoms with Crippen molar-refractivity contribution in [3.8, 4) is 11.5 Å². The van der Waals surface area contributed by atoms with Crippen LogP contribution < -0.4 is 20.1 Å². The van der Waals surface area contributed by atoms with Crippen molar-refractivity contribution in [2.45, 2.75) is 44.8 Å². The SMILES string of the molecule is COc1cccc(C(=O)NC2CCC(C)NC2C)c1OC. The number of hydrogen-bond acceptors (Lipinski definition) is 4. The molecule has 1 aliphatic heterocycles. The standard InChI is InChI=1S/C16H24N2O3/c1-10-8-9-13(11(2)17-10)18-16(19)12-6-5-7-14(20-3)15(12)21-4/h5-7,10-11,13,17H,8-9H2,1-4H3,(H,18,19). The zero-order chi connectivity index (χ0) is 15.4. The van der Waals surface area contributed by atoms with Gasteiger partial charge in [0.1, 0.15) is 0 Å². The Balaban J connectivity index is 2.13. The third-order valence-electron chi connectivity index (χ3n) is 4.03. The number of rotatable bonds is 4. The molecule has 1 fully saturated rings. The number of amides is 1. The maximum Gasteiger partial charge on any atom is 0.255 e. The molecule has 1 amide bonds. The zero-order valence-corrected chi connectivity index (χ0v) is 13.1. The van der Waals surface area contributed by atoms with E-state index < -0.39 is 0 Å². The van der Waals surface area contributed by atoms with Gasteiger partial charge in [-0.05, 0) is 38.8 Å². The summed E-state index contributed by atoms with van der Waals surface area (Å²) in [4.78, 5) is 12.5. The monoisotopic (exact) mass is 292 g/mol. The summed E-state index contributed by atoms with van der Waals surface area (Å²) in [7, 11) is 3.11. The first-order chi connectivity index (χ1) is 10.1. The van der Waals surface area contributed by atoms with Crippen LogP contribution in [-0.2, 0) is 0 Å². The van der Waals surface area contributed by atoms with Crippen molar-refractivity contribution < 1.29 is 14.3 Å². The normalized spacial score (nSPS) is 25.2. The lowest BCUT2D eigenvalue weighted by molar-refractivity contribution is 0.0910. The molecule has 1 aromatic carbocycles. The quantitative estimate of drug-likeness (QED) is 0.890. The molecule has 1 heterocycles. The van der Waals surface area contributed by atoms with E-state index in [-0.39, 0.29) is 18.0 Å². The predicted molar refractivity (Wildman–Crippen MR) is 82.1 cm³/mol. The van der Waals surface area contributed by atoms with Crippen LogP contribution in [0.5, 0.6) is 11.5 Å². The first-order valence-corrected chi connectivity index (χ1v) is 7.34. The summed E-state index contributed by atoms with van der Waals surface area (Å²) in [6, 6.07) is 6.21. The number of ether oxygens (including phenoxy) is 2. The third kappa shape index (κ3) is 3.47. The number of hydrogen-bond donors (Lipinski definition) is 2. The summed E-state index contributed by atoms with van der Waals surface area (Å²) in [6.07, 6.45) is 2.04. The Labute approximate surface area is 126 Å². The van der Waals surface area contributed by atoms with Crippen LogP contribution in [-0.4, -0.2) is 38.3 Å². The van der Waals surface area contributed by atoms with Crippen LogP contribution in [0, 0.1) is 0 Å². The first kappa shape index (κ1) is 15.6. The number of piperidine rings is 1. The molecule has 1 aromatic rings. The molecular formula is C16H24N2O3. The minimum absolute atomic E-state index is 0.126. The summed E-state index contributed by atoms with van der Waals surface area (Å²) in [6.45, 7) is 4.27. The Morgan fingerprint density at radius 2 is 2.00 bits per heavy atom. The summed E-state index contributed by atoms with van der Waals surface area (Å²) in [5.41, 5.74) is 0.502. The van der Waals surface area contributed by atoms with Crippen molar-refractivity contribution in [3.63, 3.8) is 0 Å². The molecule has 0 aromatic heterocycles. The molecule has 0 spiro atoms. The van der Waals surface area contributed by atoms with Crippen LogP contribution in [0.15, 0.2) is 18.2 Å². The summed E-state index contributed by atoms with van der Waals surface area (Å²) in [5, 5.41) is 6.56. The molecule has 1 saturated heterocycles. The predicted octanol–water partition coefficient (Wildman–Crippen LogP) is 1.96. The Kier molecular flexibility index (Phi) is 5.07. The van der Waals surface area contributed by atoms with E-state index in [0.717, 1.165) is 12.8 Å². The van der Waals surface area contributed by atoms with Gasteiger partial charge in [-0.1, -0.05) is 6.07 Å². The summed E-state index contributed by atoms with van der Waals surface area (Å²) >= 11 is 0. The average Bonchev–Trinajstić information content (AvgIpc) is 2.49. The van der Waals surface area contributed by atoms with Gasteiger partial charge >= 0.3 is 0 Å². The smallest absolute Gasteiger partial charge is 0.255 e. The van der Waals surface area contributed by atoms with Crippen LogP contribution in [0.4, 0.5) is 0 Å². The van der Waals surface area contributed by atoms with Crippen LogP contribution in [0.3, 0.4) is 0 Å². The number of carbonyl (C=O) groups is 1. The van der Waals surface area contributed by atoms with Gasteiger partial charge < -0.3 is 20.1 Å². The van der Waals surface area contributed by atoms with Gasteiger partial charge in [0.15, 0.2) is 11.5 Å². The van der Waals surface area contributed by atoms with Crippen LogP contribution in [0.1, 0.15) is 37.0 Å². The van der Waals surface area contributed by atoms with Gasteiger partial charge in [0, 0.05) is 18.1 Å². The second kappa shape index (κ2) is 6.80. The molecule has 5 nitrogen and oxygen atoms in total. The van der Waals surface area contributed by atoms with E-state index in [1.807, 2.05) is 0 Å². The van der Waals surface area contributed by atoms with Gasteiger partial charge in [0.25, 0.3) is 5.91 Å². The molecule has 3 unspecified atom stereocenters.